The number of likely N-dealkylation sites (tertiary alicyclic amines) is 1. The molecule has 2 saturated heterocycles. The summed E-state index contributed by atoms with van der Waals surface area (Å²) in [6.45, 7) is 3.85. The van der Waals surface area contributed by atoms with Gasteiger partial charge >= 0.3 is 0 Å². The topological polar surface area (TPSA) is 50.2 Å². The molecule has 104 valence electrons. The number of piperidine rings is 2. The van der Waals surface area contributed by atoms with E-state index in [2.05, 4.69) is 14.9 Å². The van der Waals surface area contributed by atoms with E-state index in [1.807, 2.05) is 17.4 Å². The zero-order valence-electron chi connectivity index (χ0n) is 11.3. The molecule has 3 rings (SSSR count). The highest BCUT2D eigenvalue weighted by Gasteiger charge is 2.22. The second kappa shape index (κ2) is 5.74. The van der Waals surface area contributed by atoms with E-state index in [9.17, 15) is 4.79 Å². The Morgan fingerprint density at radius 3 is 2.84 bits per heavy atom. The number of imidazole rings is 1. The molecule has 3 heterocycles. The van der Waals surface area contributed by atoms with Crippen LogP contribution in [-0.2, 0) is 0 Å². The van der Waals surface area contributed by atoms with Crippen LogP contribution in [0, 0.1) is 0 Å². The molecule has 2 aliphatic rings. The molecule has 0 radical (unpaired) electrons. The van der Waals surface area contributed by atoms with Crippen LogP contribution in [0.1, 0.15) is 48.6 Å². The molecule has 1 amide bonds. The van der Waals surface area contributed by atoms with Crippen molar-refractivity contribution in [2.45, 2.75) is 38.1 Å². The van der Waals surface area contributed by atoms with Gasteiger partial charge in [-0.05, 0) is 38.6 Å². The van der Waals surface area contributed by atoms with E-state index in [-0.39, 0.29) is 5.91 Å². The van der Waals surface area contributed by atoms with E-state index < -0.39 is 0 Å². The third kappa shape index (κ3) is 2.81. The Hall–Kier alpha value is -1.36. The highest BCUT2D eigenvalue weighted by Crippen LogP contribution is 2.18. The van der Waals surface area contributed by atoms with Crippen LogP contribution in [0.15, 0.2) is 12.5 Å². The summed E-state index contributed by atoms with van der Waals surface area (Å²) in [6, 6.07) is 0.448. The Bertz CT molecular complexity index is 430. The van der Waals surface area contributed by atoms with Gasteiger partial charge in [0.1, 0.15) is 5.69 Å². The summed E-state index contributed by atoms with van der Waals surface area (Å²) < 4.78 is 2.10. The van der Waals surface area contributed by atoms with E-state index in [0.29, 0.717) is 11.7 Å². The predicted octanol–water partition coefficient (Wildman–Crippen LogP) is 1.43. The van der Waals surface area contributed by atoms with Crippen LogP contribution in [-0.4, -0.2) is 46.5 Å². The summed E-state index contributed by atoms with van der Waals surface area (Å²) in [5.41, 5.74) is 0.604. The molecule has 1 N–H and O–H groups in total. The first-order valence-electron chi connectivity index (χ1n) is 7.38. The zero-order valence-corrected chi connectivity index (χ0v) is 11.3. The normalized spacial score (nSPS) is 24.4. The molecular weight excluding hydrogens is 240 g/mol. The van der Waals surface area contributed by atoms with Crippen molar-refractivity contribution < 1.29 is 4.79 Å². The van der Waals surface area contributed by atoms with Crippen LogP contribution in [0.25, 0.3) is 0 Å². The third-order valence-corrected chi connectivity index (χ3v) is 4.16. The summed E-state index contributed by atoms with van der Waals surface area (Å²) in [7, 11) is 0. The number of nitrogens with zero attached hydrogens (tertiary/aromatic N) is 3. The zero-order chi connectivity index (χ0) is 13.1. The molecule has 2 aliphatic heterocycles. The van der Waals surface area contributed by atoms with Gasteiger partial charge in [-0.3, -0.25) is 4.79 Å². The van der Waals surface area contributed by atoms with Crippen molar-refractivity contribution in [2.75, 3.05) is 26.2 Å². The summed E-state index contributed by atoms with van der Waals surface area (Å²) in [4.78, 5) is 18.6. The lowest BCUT2D eigenvalue weighted by molar-refractivity contribution is 0.0718. The number of aromatic nitrogens is 2. The maximum Gasteiger partial charge on any atom is 0.274 e. The maximum absolute atomic E-state index is 12.3. The first-order valence-corrected chi connectivity index (χ1v) is 7.38. The minimum atomic E-state index is 0.0993. The van der Waals surface area contributed by atoms with Crippen LogP contribution in [0.4, 0.5) is 0 Å². The first-order chi connectivity index (χ1) is 9.34. The van der Waals surface area contributed by atoms with Crippen LogP contribution in [0.2, 0.25) is 0 Å². The van der Waals surface area contributed by atoms with Gasteiger partial charge in [-0.15, -0.1) is 0 Å². The number of carbonyl (C=O) groups excluding carboxylic acids is 1. The average Bonchev–Trinajstić information content (AvgIpc) is 2.98. The van der Waals surface area contributed by atoms with Crippen molar-refractivity contribution in [1.82, 2.24) is 19.8 Å². The molecule has 0 spiro atoms. The Morgan fingerprint density at radius 1 is 1.26 bits per heavy atom. The summed E-state index contributed by atoms with van der Waals surface area (Å²) in [6.07, 6.45) is 9.59. The number of hydrogen-bond acceptors (Lipinski definition) is 3. The fourth-order valence-electron chi connectivity index (χ4n) is 2.99. The number of amides is 1. The van der Waals surface area contributed by atoms with Crippen LogP contribution >= 0.6 is 0 Å². The Kier molecular flexibility index (Phi) is 3.82. The van der Waals surface area contributed by atoms with E-state index in [0.717, 1.165) is 39.0 Å². The largest absolute Gasteiger partial charge is 0.337 e. The van der Waals surface area contributed by atoms with Gasteiger partial charge < -0.3 is 14.8 Å². The number of carbonyl (C=O) groups is 1. The molecule has 0 aromatic carbocycles. The molecule has 5 nitrogen and oxygen atoms in total. The molecule has 1 unspecified atom stereocenters. The van der Waals surface area contributed by atoms with E-state index in [4.69, 9.17) is 0 Å². The Morgan fingerprint density at radius 2 is 2.11 bits per heavy atom. The first kappa shape index (κ1) is 12.7. The van der Waals surface area contributed by atoms with Gasteiger partial charge in [0.2, 0.25) is 0 Å². The number of nitrogens with one attached hydrogen (secondary N) is 1. The van der Waals surface area contributed by atoms with Gasteiger partial charge in [-0.25, -0.2) is 4.98 Å². The van der Waals surface area contributed by atoms with E-state index >= 15 is 0 Å². The van der Waals surface area contributed by atoms with E-state index in [1.54, 1.807) is 0 Å². The number of rotatable bonds is 2. The van der Waals surface area contributed by atoms with Crippen LogP contribution in [0.3, 0.4) is 0 Å². The Labute approximate surface area is 114 Å². The quantitative estimate of drug-likeness (QED) is 0.877. The summed E-state index contributed by atoms with van der Waals surface area (Å²) >= 11 is 0. The fraction of sp³-hybridized carbons (Fsp3) is 0.714. The summed E-state index contributed by atoms with van der Waals surface area (Å²) in [5, 5.41) is 3.39. The van der Waals surface area contributed by atoms with Gasteiger partial charge in [-0.2, -0.15) is 0 Å². The van der Waals surface area contributed by atoms with Crippen molar-refractivity contribution in [3.8, 4) is 0 Å². The molecular formula is C14H22N4O. The van der Waals surface area contributed by atoms with Crippen molar-refractivity contribution in [3.05, 3.63) is 18.2 Å². The molecule has 1 aromatic rings. The van der Waals surface area contributed by atoms with Gasteiger partial charge in [0.15, 0.2) is 0 Å². The standard InChI is InChI=1S/C14H22N4O/c19-14(17-7-2-1-3-8-17)13-10-18(11-16-13)12-5-4-6-15-9-12/h10-12,15H,1-9H2. The molecule has 5 heteroatoms. The highest BCUT2D eigenvalue weighted by atomic mass is 16.2. The lowest BCUT2D eigenvalue weighted by atomic mass is 10.1. The highest BCUT2D eigenvalue weighted by molar-refractivity contribution is 5.92. The molecule has 19 heavy (non-hydrogen) atoms. The van der Waals surface area contributed by atoms with Crippen molar-refractivity contribution in [2.24, 2.45) is 0 Å². The minimum absolute atomic E-state index is 0.0993. The maximum atomic E-state index is 12.3. The van der Waals surface area contributed by atoms with Gasteiger partial charge in [0, 0.05) is 31.9 Å². The minimum Gasteiger partial charge on any atom is -0.337 e. The molecule has 1 atom stereocenters. The van der Waals surface area contributed by atoms with E-state index in [1.165, 1.54) is 19.3 Å². The van der Waals surface area contributed by atoms with Gasteiger partial charge in [0.05, 0.1) is 6.33 Å². The van der Waals surface area contributed by atoms with Gasteiger partial charge in [0.25, 0.3) is 5.91 Å². The van der Waals surface area contributed by atoms with Crippen LogP contribution in [0.5, 0.6) is 0 Å². The predicted molar refractivity (Wildman–Crippen MR) is 73.1 cm³/mol. The van der Waals surface area contributed by atoms with Crippen molar-refractivity contribution in [1.29, 1.82) is 0 Å². The molecule has 0 bridgehead atoms. The van der Waals surface area contributed by atoms with Crippen LogP contribution < -0.4 is 5.32 Å². The molecule has 1 aromatic heterocycles. The SMILES string of the molecule is O=C(c1cn(C2CCCNC2)cn1)N1CCCCC1. The smallest absolute Gasteiger partial charge is 0.274 e. The Balaban J connectivity index is 1.67. The second-order valence-electron chi connectivity index (χ2n) is 5.56. The lowest BCUT2D eigenvalue weighted by Gasteiger charge is -2.26. The second-order valence-corrected chi connectivity index (χ2v) is 5.56. The fourth-order valence-corrected chi connectivity index (χ4v) is 2.99. The molecule has 0 aliphatic carbocycles. The average molecular weight is 262 g/mol. The van der Waals surface area contributed by atoms with Gasteiger partial charge in [-0.1, -0.05) is 0 Å². The van der Waals surface area contributed by atoms with Crippen molar-refractivity contribution in [3.63, 3.8) is 0 Å². The molecule has 0 saturated carbocycles. The number of hydrogen-bond donors (Lipinski definition) is 1. The summed E-state index contributed by atoms with van der Waals surface area (Å²) in [5.74, 6) is 0.0993. The molecule has 2 fully saturated rings. The lowest BCUT2D eigenvalue weighted by Crippen LogP contribution is -2.35. The van der Waals surface area contributed by atoms with Crippen molar-refractivity contribution >= 4 is 5.91 Å². The third-order valence-electron chi connectivity index (χ3n) is 4.16. The monoisotopic (exact) mass is 262 g/mol.